The van der Waals surface area contributed by atoms with E-state index in [0.717, 1.165) is 75.5 Å². The number of anilines is 1. The lowest BCUT2D eigenvalue weighted by molar-refractivity contribution is -0.122. The van der Waals surface area contributed by atoms with Crippen molar-refractivity contribution in [3.8, 4) is 5.75 Å². The molecule has 5 rings (SSSR count). The Hall–Kier alpha value is -2.44. The molecule has 188 valence electrons. The predicted octanol–water partition coefficient (Wildman–Crippen LogP) is 5.07. The normalized spacial score (nSPS) is 20.8. The number of hydrogen-bond acceptors (Lipinski definition) is 6. The molecule has 0 bridgehead atoms. The van der Waals surface area contributed by atoms with Gasteiger partial charge >= 0.3 is 0 Å². The van der Waals surface area contributed by atoms with Crippen LogP contribution in [0.2, 0.25) is 0 Å². The van der Waals surface area contributed by atoms with Gasteiger partial charge in [-0.3, -0.25) is 9.69 Å². The summed E-state index contributed by atoms with van der Waals surface area (Å²) in [5.41, 5.74) is 4.88. The fourth-order valence-corrected chi connectivity index (χ4v) is 5.75. The van der Waals surface area contributed by atoms with Crippen molar-refractivity contribution in [2.45, 2.75) is 76.4 Å². The molecule has 0 spiro atoms. The molecule has 35 heavy (non-hydrogen) atoms. The third kappa shape index (κ3) is 5.70. The van der Waals surface area contributed by atoms with Crippen molar-refractivity contribution in [3.05, 3.63) is 52.7 Å². The maximum absolute atomic E-state index is 12.8. The van der Waals surface area contributed by atoms with Crippen LogP contribution < -0.4 is 10.1 Å². The van der Waals surface area contributed by atoms with Gasteiger partial charge in [0.05, 0.1) is 19.3 Å². The van der Waals surface area contributed by atoms with Gasteiger partial charge in [0, 0.05) is 37.5 Å². The number of aromatic nitrogens is 1. The van der Waals surface area contributed by atoms with E-state index >= 15 is 0 Å². The molecule has 1 aromatic carbocycles. The highest BCUT2D eigenvalue weighted by atomic mass is 16.5. The first-order chi connectivity index (χ1) is 17.1. The number of rotatable bonds is 11. The van der Waals surface area contributed by atoms with E-state index in [-0.39, 0.29) is 17.9 Å². The van der Waals surface area contributed by atoms with Gasteiger partial charge in [0.2, 0.25) is 0 Å². The number of benzene rings is 1. The summed E-state index contributed by atoms with van der Waals surface area (Å²) in [5.74, 6) is 2.73. The first kappa shape index (κ1) is 24.3. The molecule has 2 atom stereocenters. The average Bonchev–Trinajstić information content (AvgIpc) is 3.61. The van der Waals surface area contributed by atoms with Crippen molar-refractivity contribution in [2.75, 3.05) is 38.7 Å². The molecule has 3 heterocycles. The zero-order chi connectivity index (χ0) is 24.2. The molecule has 0 unspecified atom stereocenters. The van der Waals surface area contributed by atoms with Gasteiger partial charge in [-0.05, 0) is 87.5 Å². The number of fused-ring (bicyclic) bond motifs is 1. The molecule has 1 saturated heterocycles. The van der Waals surface area contributed by atoms with Crippen molar-refractivity contribution < 1.29 is 14.3 Å². The average molecular weight is 478 g/mol. The maximum Gasteiger partial charge on any atom is 0.151 e. The summed E-state index contributed by atoms with van der Waals surface area (Å²) >= 11 is 0. The first-order valence-electron chi connectivity index (χ1n) is 13.4. The second-order valence-corrected chi connectivity index (χ2v) is 10.3. The molecule has 0 radical (unpaired) electrons. The number of methoxy groups -OCH3 is 1. The van der Waals surface area contributed by atoms with Crippen LogP contribution in [-0.2, 0) is 22.4 Å². The molecule has 1 N–H and O–H groups in total. The van der Waals surface area contributed by atoms with E-state index in [1.54, 1.807) is 14.0 Å². The number of carbonyl (C=O) groups is 1. The summed E-state index contributed by atoms with van der Waals surface area (Å²) < 4.78 is 11.9. The van der Waals surface area contributed by atoms with E-state index in [2.05, 4.69) is 28.4 Å². The smallest absolute Gasteiger partial charge is 0.151 e. The fourth-order valence-electron chi connectivity index (χ4n) is 5.75. The lowest BCUT2D eigenvalue weighted by Crippen LogP contribution is -2.33. The lowest BCUT2D eigenvalue weighted by atomic mass is 9.93. The summed E-state index contributed by atoms with van der Waals surface area (Å²) in [4.78, 5) is 19.9. The zero-order valence-electron chi connectivity index (χ0n) is 21.2. The van der Waals surface area contributed by atoms with Gasteiger partial charge in [0.1, 0.15) is 11.6 Å². The maximum atomic E-state index is 12.8. The number of nitrogens with zero attached hydrogens (tertiary/aromatic N) is 2. The van der Waals surface area contributed by atoms with Gasteiger partial charge < -0.3 is 14.8 Å². The second kappa shape index (κ2) is 11.1. The van der Waals surface area contributed by atoms with Crippen molar-refractivity contribution in [2.24, 2.45) is 0 Å². The van der Waals surface area contributed by atoms with Gasteiger partial charge in [-0.1, -0.05) is 18.2 Å². The van der Waals surface area contributed by atoms with E-state index in [1.165, 1.54) is 36.1 Å². The summed E-state index contributed by atoms with van der Waals surface area (Å²) in [7, 11) is 1.73. The van der Waals surface area contributed by atoms with Crippen molar-refractivity contribution in [1.82, 2.24) is 9.88 Å². The monoisotopic (exact) mass is 477 g/mol. The van der Waals surface area contributed by atoms with Crippen LogP contribution in [0.1, 0.15) is 79.8 Å². The standard InChI is InChI=1S/C29H39N3O3/c1-20(33)28(25-9-5-10-26(34-2)27(25)21-11-12-21)32-17-15-24(19-32)35-18-4-3-8-23-14-13-22-7-6-16-30-29(22)31-23/h5,9-10,13-14,21,24,28H,3-4,6-8,11-12,15-19H2,1-2H3,(H,30,31)/t24-,28+/m1/s1. The fraction of sp³-hybridized carbons (Fsp3) is 0.586. The first-order valence-corrected chi connectivity index (χ1v) is 13.4. The number of ether oxygens (including phenoxy) is 2. The van der Waals surface area contributed by atoms with Crippen LogP contribution >= 0.6 is 0 Å². The molecular weight excluding hydrogens is 438 g/mol. The van der Waals surface area contributed by atoms with Gasteiger partial charge in [-0.25, -0.2) is 4.98 Å². The van der Waals surface area contributed by atoms with Crippen LogP contribution in [-0.4, -0.2) is 55.1 Å². The summed E-state index contributed by atoms with van der Waals surface area (Å²) in [6.45, 7) is 5.21. The van der Waals surface area contributed by atoms with E-state index in [0.29, 0.717) is 5.92 Å². The number of ketones is 1. The van der Waals surface area contributed by atoms with Crippen molar-refractivity contribution in [3.63, 3.8) is 0 Å². The SMILES string of the molecule is COc1cccc([C@H](C(C)=O)N2CC[C@@H](OCCCCc3ccc4c(n3)NCCC4)C2)c1C1CC1. The van der Waals surface area contributed by atoms with Gasteiger partial charge in [-0.2, -0.15) is 0 Å². The van der Waals surface area contributed by atoms with Crippen molar-refractivity contribution >= 4 is 11.6 Å². The van der Waals surface area contributed by atoms with Crippen LogP contribution in [0.25, 0.3) is 0 Å². The Morgan fingerprint density at radius 1 is 1.20 bits per heavy atom. The topological polar surface area (TPSA) is 63.7 Å². The number of hydrogen-bond donors (Lipinski definition) is 1. The second-order valence-electron chi connectivity index (χ2n) is 10.3. The number of carbonyl (C=O) groups excluding carboxylic acids is 1. The Morgan fingerprint density at radius 2 is 2.09 bits per heavy atom. The summed E-state index contributed by atoms with van der Waals surface area (Å²) in [6.07, 6.45) is 8.95. The van der Waals surface area contributed by atoms with Gasteiger partial charge in [0.15, 0.2) is 5.78 Å². The van der Waals surface area contributed by atoms with Crippen LogP contribution in [0.5, 0.6) is 5.75 Å². The third-order valence-corrected chi connectivity index (χ3v) is 7.66. The zero-order valence-corrected chi connectivity index (χ0v) is 21.2. The van der Waals surface area contributed by atoms with E-state index in [9.17, 15) is 4.79 Å². The Labute approximate surface area is 209 Å². The molecule has 2 fully saturated rings. The molecular formula is C29H39N3O3. The molecule has 6 heteroatoms. The molecule has 2 aliphatic heterocycles. The number of nitrogens with one attached hydrogen (secondary N) is 1. The highest BCUT2D eigenvalue weighted by molar-refractivity contribution is 5.84. The Kier molecular flexibility index (Phi) is 7.69. The minimum Gasteiger partial charge on any atom is -0.496 e. The number of Topliss-reactive ketones (excluding diaryl/α,β-unsaturated/α-hetero) is 1. The highest BCUT2D eigenvalue weighted by Gasteiger charge is 2.37. The molecule has 1 aliphatic carbocycles. The van der Waals surface area contributed by atoms with Crippen LogP contribution in [0.15, 0.2) is 30.3 Å². The Morgan fingerprint density at radius 3 is 2.89 bits per heavy atom. The van der Waals surface area contributed by atoms with E-state index in [1.807, 2.05) is 12.1 Å². The minimum atomic E-state index is -0.210. The van der Waals surface area contributed by atoms with Gasteiger partial charge in [0.25, 0.3) is 0 Å². The molecule has 1 saturated carbocycles. The molecule has 1 aromatic heterocycles. The quantitative estimate of drug-likeness (QED) is 0.456. The summed E-state index contributed by atoms with van der Waals surface area (Å²) in [6, 6.07) is 10.4. The minimum absolute atomic E-state index is 0.193. The molecule has 6 nitrogen and oxygen atoms in total. The molecule has 0 amide bonds. The number of unbranched alkanes of at least 4 members (excludes halogenated alkanes) is 1. The molecule has 3 aliphatic rings. The number of likely N-dealkylation sites (tertiary alicyclic amines) is 1. The highest BCUT2D eigenvalue weighted by Crippen LogP contribution is 2.48. The largest absolute Gasteiger partial charge is 0.496 e. The lowest BCUT2D eigenvalue weighted by Gasteiger charge is -2.28. The van der Waals surface area contributed by atoms with Crippen LogP contribution in [0.4, 0.5) is 5.82 Å². The van der Waals surface area contributed by atoms with E-state index < -0.39 is 0 Å². The summed E-state index contributed by atoms with van der Waals surface area (Å²) in [5, 5.41) is 3.42. The number of pyridine rings is 1. The van der Waals surface area contributed by atoms with Crippen LogP contribution in [0, 0.1) is 0 Å². The number of aryl methyl sites for hydroxylation is 2. The Bertz CT molecular complexity index is 1040. The molecule has 2 aromatic rings. The Balaban J connectivity index is 1.12. The van der Waals surface area contributed by atoms with E-state index in [4.69, 9.17) is 14.5 Å². The van der Waals surface area contributed by atoms with Crippen molar-refractivity contribution in [1.29, 1.82) is 0 Å². The van der Waals surface area contributed by atoms with Crippen LogP contribution in [0.3, 0.4) is 0 Å². The predicted molar refractivity (Wildman–Crippen MR) is 138 cm³/mol. The third-order valence-electron chi connectivity index (χ3n) is 7.66. The van der Waals surface area contributed by atoms with Gasteiger partial charge in [-0.15, -0.1) is 0 Å².